The molecule has 1 fully saturated rings. The van der Waals surface area contributed by atoms with E-state index in [1.165, 1.54) is 25.0 Å². The van der Waals surface area contributed by atoms with Gasteiger partial charge in [-0.05, 0) is 6.42 Å². The van der Waals surface area contributed by atoms with Crippen molar-refractivity contribution < 1.29 is 53.0 Å². The molecular formula is C5H11HfOSiTa-. The molecule has 0 saturated carbocycles. The third-order valence-corrected chi connectivity index (χ3v) is 2.06. The molecule has 51 valence electrons. The van der Waals surface area contributed by atoms with Crippen LogP contribution in [0.2, 0.25) is 0 Å². The van der Waals surface area contributed by atoms with Crippen LogP contribution >= 0.6 is 0 Å². The Morgan fingerprint density at radius 1 is 1.33 bits per heavy atom. The molecule has 0 aromatic carbocycles. The summed E-state index contributed by atoms with van der Waals surface area (Å²) < 4.78 is 5.26. The Labute approximate surface area is 94.0 Å². The van der Waals surface area contributed by atoms with Gasteiger partial charge in [0.1, 0.15) is 0 Å². The predicted molar refractivity (Wildman–Crippen MR) is 33.0 cm³/mol. The molecule has 0 unspecified atom stereocenters. The molecule has 1 rings (SSSR count). The molecule has 1 radical (unpaired) electrons. The fourth-order valence-electron chi connectivity index (χ4n) is 0.795. The summed E-state index contributed by atoms with van der Waals surface area (Å²) in [4.78, 5) is 0. The van der Waals surface area contributed by atoms with Crippen LogP contribution in [-0.4, -0.2) is 16.8 Å². The van der Waals surface area contributed by atoms with Gasteiger partial charge in [-0.25, -0.2) is 5.73 Å². The minimum Gasteiger partial charge on any atom is -0.551 e. The molecule has 1 heterocycles. The Bertz CT molecular complexity index is 58.9. The molecule has 1 aliphatic rings. The second-order valence-electron chi connectivity index (χ2n) is 2.01. The van der Waals surface area contributed by atoms with Gasteiger partial charge < -0.3 is 4.74 Å². The zero-order valence-electron chi connectivity index (χ0n) is 5.68. The van der Waals surface area contributed by atoms with Crippen LogP contribution in [0.4, 0.5) is 0 Å². The van der Waals surface area contributed by atoms with Gasteiger partial charge in [-0.1, -0.05) is 6.42 Å². The predicted octanol–water partition coefficient (Wildman–Crippen LogP) is 0.0368. The van der Waals surface area contributed by atoms with E-state index in [0.29, 0.717) is 0 Å². The Morgan fingerprint density at radius 3 is 2.22 bits per heavy atom. The van der Waals surface area contributed by atoms with Crippen molar-refractivity contribution in [3.05, 3.63) is 5.73 Å². The van der Waals surface area contributed by atoms with Gasteiger partial charge in [0.25, 0.3) is 0 Å². The second-order valence-corrected chi connectivity index (χ2v) is 3.12. The fraction of sp³-hybridized carbons (Fsp3) is 0.800. The zero-order chi connectivity index (χ0) is 5.11. The molecule has 0 aliphatic carbocycles. The van der Waals surface area contributed by atoms with Crippen LogP contribution in [0.5, 0.6) is 0 Å². The molecule has 0 spiro atoms. The minimum atomic E-state index is 0. The largest absolute Gasteiger partial charge is 0.551 e. The summed E-state index contributed by atoms with van der Waals surface area (Å²) in [6, 6.07) is 0. The Balaban J connectivity index is 0. The van der Waals surface area contributed by atoms with Crippen LogP contribution in [0, 0.1) is 5.73 Å². The van der Waals surface area contributed by atoms with Crippen LogP contribution in [0.3, 0.4) is 0 Å². The topological polar surface area (TPSA) is 9.23 Å². The maximum atomic E-state index is 5.26. The Morgan fingerprint density at radius 2 is 2.00 bits per heavy atom. The van der Waals surface area contributed by atoms with Gasteiger partial charge in [0.15, 0.2) is 0 Å². The van der Waals surface area contributed by atoms with E-state index in [1.54, 1.807) is 0 Å². The maximum absolute atomic E-state index is 5.26. The van der Waals surface area contributed by atoms with Crippen LogP contribution in [0.1, 0.15) is 19.3 Å². The summed E-state index contributed by atoms with van der Waals surface area (Å²) in [5.41, 5.74) is 1.35. The van der Waals surface area contributed by atoms with Gasteiger partial charge in [0.2, 0.25) is 0 Å². The van der Waals surface area contributed by atoms with E-state index < -0.39 is 0 Å². The van der Waals surface area contributed by atoms with Crippen molar-refractivity contribution in [2.45, 2.75) is 19.3 Å². The van der Waals surface area contributed by atoms with Gasteiger partial charge in [0.05, 0.1) is 0 Å². The molecule has 0 aromatic heterocycles. The van der Waals surface area contributed by atoms with Gasteiger partial charge in [-0.3, -0.25) is 0 Å². The molecule has 9 heavy (non-hydrogen) atoms. The van der Waals surface area contributed by atoms with Crippen molar-refractivity contribution in [1.82, 2.24) is 0 Å². The monoisotopic (exact) mass is 476 g/mol. The first kappa shape index (κ1) is 13.4. The van der Waals surface area contributed by atoms with E-state index in [-0.39, 0.29) is 48.2 Å². The zero-order valence-corrected chi connectivity index (χ0v) is 14.5. The smallest absolute Gasteiger partial charge is 0.0111 e. The van der Waals surface area contributed by atoms with Crippen LogP contribution in [0.25, 0.3) is 0 Å². The van der Waals surface area contributed by atoms with E-state index in [2.05, 4.69) is 0 Å². The van der Waals surface area contributed by atoms with E-state index >= 15 is 0 Å². The number of hydrogen-bond donors (Lipinski definition) is 0. The molecule has 0 amide bonds. The minimum absolute atomic E-state index is 0. The van der Waals surface area contributed by atoms with Crippen molar-refractivity contribution >= 4 is 10.2 Å². The summed E-state index contributed by atoms with van der Waals surface area (Å²) in [7, 11) is 1.15. The quantitative estimate of drug-likeness (QED) is 0.356. The van der Waals surface area contributed by atoms with Crippen molar-refractivity contribution in [1.29, 1.82) is 0 Å². The van der Waals surface area contributed by atoms with E-state index in [1.807, 2.05) is 0 Å². The van der Waals surface area contributed by atoms with Crippen molar-refractivity contribution in [2.75, 3.05) is 6.61 Å². The van der Waals surface area contributed by atoms with Crippen molar-refractivity contribution in [3.63, 3.8) is 0 Å². The average molecular weight is 475 g/mol. The summed E-state index contributed by atoms with van der Waals surface area (Å²) in [5, 5.41) is 0. The summed E-state index contributed by atoms with van der Waals surface area (Å²) in [5.74, 6) is 0. The molecule has 1 nitrogen and oxygen atoms in total. The van der Waals surface area contributed by atoms with Crippen molar-refractivity contribution in [2.24, 2.45) is 0 Å². The maximum Gasteiger partial charge on any atom is 0.0111 e. The van der Waals surface area contributed by atoms with Gasteiger partial charge in [-0.15, -0.1) is 10.2 Å². The van der Waals surface area contributed by atoms with E-state index in [9.17, 15) is 0 Å². The van der Waals surface area contributed by atoms with E-state index in [0.717, 1.165) is 16.8 Å². The first-order valence-corrected chi connectivity index (χ1v) is 3.85. The van der Waals surface area contributed by atoms with Gasteiger partial charge in [-0.2, -0.15) is 6.42 Å². The molecule has 0 bridgehead atoms. The summed E-state index contributed by atoms with van der Waals surface area (Å²) in [6.45, 7) is 0.985. The van der Waals surface area contributed by atoms with Gasteiger partial charge in [0, 0.05) is 54.8 Å². The molecule has 0 aromatic rings. The number of ether oxygens (including phenoxy) is 1. The van der Waals surface area contributed by atoms with Crippen LogP contribution < -0.4 is 0 Å². The Kier molecular flexibility index (Phi) is 11.7. The van der Waals surface area contributed by atoms with Crippen LogP contribution in [-0.2, 0) is 53.0 Å². The molecule has 1 saturated heterocycles. The van der Waals surface area contributed by atoms with Gasteiger partial charge >= 0.3 is 0 Å². The third-order valence-electron chi connectivity index (χ3n) is 1.27. The SMILES string of the molecule is [Hf].[SiH3][C-]1CCCCO1.[Ta]. The summed E-state index contributed by atoms with van der Waals surface area (Å²) >= 11 is 0. The Hall–Kier alpha value is 1.79. The first-order valence-electron chi connectivity index (χ1n) is 2.85. The molecule has 1 aliphatic heterocycles. The van der Waals surface area contributed by atoms with E-state index in [4.69, 9.17) is 4.74 Å². The number of hydrogen-bond acceptors (Lipinski definition) is 1. The normalized spacial score (nSPS) is 20.0. The summed E-state index contributed by atoms with van der Waals surface area (Å²) in [6.07, 6.45) is 3.87. The average Bonchev–Trinajstić information content (AvgIpc) is 1.69. The number of rotatable bonds is 0. The fourth-order valence-corrected chi connectivity index (χ4v) is 1.35. The first-order chi connectivity index (χ1) is 3.39. The molecule has 0 N–H and O–H groups in total. The van der Waals surface area contributed by atoms with Crippen LogP contribution in [0.15, 0.2) is 0 Å². The third kappa shape index (κ3) is 6.20. The standard InChI is InChI=1S/C5H11OSi.Hf.Ta/c7-5-3-1-2-4-6-5;;/h1-4H2,7H3;;/q-1;;. The molecule has 4 heteroatoms. The van der Waals surface area contributed by atoms with Crippen molar-refractivity contribution in [3.8, 4) is 0 Å². The molecular weight excluding hydrogens is 464 g/mol. The second kappa shape index (κ2) is 7.89. The molecule has 0 atom stereocenters.